The Labute approximate surface area is 179 Å². The van der Waals surface area contributed by atoms with Gasteiger partial charge >= 0.3 is 23.9 Å². The number of carbonyl (C=O) groups is 6. The number of carboxylic acid groups (broad SMARTS) is 4. The second-order valence-corrected chi connectivity index (χ2v) is 6.92. The third-order valence-electron chi connectivity index (χ3n) is 4.31. The molecule has 12 nitrogen and oxygen atoms in total. The molecule has 0 rings (SSSR count). The van der Waals surface area contributed by atoms with Crippen LogP contribution in [-0.4, -0.2) is 80.1 Å². The van der Waals surface area contributed by atoms with Crippen LogP contribution < -0.4 is 5.32 Å². The summed E-state index contributed by atoms with van der Waals surface area (Å²) in [6, 6.07) is -1.07. The Morgan fingerprint density at radius 1 is 0.645 bits per heavy atom. The summed E-state index contributed by atoms with van der Waals surface area (Å²) in [5.41, 5.74) is 0. The number of carboxylic acids is 4. The molecule has 0 aliphatic carbocycles. The van der Waals surface area contributed by atoms with Gasteiger partial charge in [0.05, 0.1) is 0 Å². The van der Waals surface area contributed by atoms with Crippen LogP contribution in [0.5, 0.6) is 0 Å². The predicted molar refractivity (Wildman–Crippen MR) is 105 cm³/mol. The van der Waals surface area contributed by atoms with Crippen molar-refractivity contribution in [3.05, 3.63) is 0 Å². The van der Waals surface area contributed by atoms with E-state index in [1.54, 1.807) is 0 Å². The van der Waals surface area contributed by atoms with Crippen molar-refractivity contribution in [2.24, 2.45) is 0 Å². The van der Waals surface area contributed by atoms with Crippen molar-refractivity contribution in [2.75, 3.05) is 13.1 Å². The van der Waals surface area contributed by atoms with Crippen molar-refractivity contribution < 1.29 is 49.2 Å². The van der Waals surface area contributed by atoms with Gasteiger partial charge in [0.15, 0.2) is 0 Å². The van der Waals surface area contributed by atoms with E-state index in [9.17, 15) is 28.8 Å². The molecule has 0 fully saturated rings. The molecule has 0 aliphatic rings. The van der Waals surface area contributed by atoms with Crippen LogP contribution in [-0.2, 0) is 28.8 Å². The van der Waals surface area contributed by atoms with Crippen molar-refractivity contribution in [1.82, 2.24) is 10.2 Å². The molecule has 176 valence electrons. The van der Waals surface area contributed by atoms with E-state index in [0.29, 0.717) is 0 Å². The van der Waals surface area contributed by atoms with Gasteiger partial charge in [-0.05, 0) is 32.1 Å². The average Bonchev–Trinajstić information content (AvgIpc) is 2.65. The topological polar surface area (TPSA) is 199 Å². The van der Waals surface area contributed by atoms with Gasteiger partial charge in [-0.3, -0.25) is 28.8 Å². The number of hydrogen-bond donors (Lipinski definition) is 5. The second-order valence-electron chi connectivity index (χ2n) is 6.92. The van der Waals surface area contributed by atoms with Gasteiger partial charge in [0.2, 0.25) is 11.8 Å². The van der Waals surface area contributed by atoms with Crippen LogP contribution in [0.2, 0.25) is 0 Å². The molecule has 0 saturated heterocycles. The number of aliphatic carboxylic acids is 4. The number of carbonyl (C=O) groups excluding carboxylic acids is 2. The molecule has 12 heteroatoms. The third kappa shape index (κ3) is 14.4. The van der Waals surface area contributed by atoms with E-state index < -0.39 is 41.7 Å². The van der Waals surface area contributed by atoms with Crippen LogP contribution in [0.3, 0.4) is 0 Å². The van der Waals surface area contributed by atoms with Gasteiger partial charge in [-0.2, -0.15) is 0 Å². The van der Waals surface area contributed by atoms with Crippen molar-refractivity contribution in [3.63, 3.8) is 0 Å². The summed E-state index contributed by atoms with van der Waals surface area (Å²) in [7, 11) is 0. The first-order chi connectivity index (χ1) is 14.5. The minimum absolute atomic E-state index is 0.00874. The lowest BCUT2D eigenvalue weighted by molar-refractivity contribution is -0.143. The molecular weight excluding hydrogens is 416 g/mol. The van der Waals surface area contributed by atoms with Gasteiger partial charge in [-0.15, -0.1) is 0 Å². The molecule has 0 bridgehead atoms. The molecule has 0 saturated carbocycles. The van der Waals surface area contributed by atoms with Crippen LogP contribution >= 0.6 is 0 Å². The SMILES string of the molecule is O=C(O)CCCNC(=O)C(CCCC(=O)O)N(CCCC(=O)O)C(=O)CCCC(=O)O. The van der Waals surface area contributed by atoms with Crippen LogP contribution in [0.4, 0.5) is 0 Å². The Bertz CT molecular complexity index is 650. The molecule has 0 aliphatic heterocycles. The van der Waals surface area contributed by atoms with E-state index in [0.717, 1.165) is 0 Å². The fraction of sp³-hybridized carbons (Fsp3) is 0.684. The van der Waals surface area contributed by atoms with E-state index in [1.807, 2.05) is 0 Å². The highest BCUT2D eigenvalue weighted by Crippen LogP contribution is 2.15. The molecule has 0 aromatic rings. The zero-order valence-corrected chi connectivity index (χ0v) is 17.2. The average molecular weight is 446 g/mol. The fourth-order valence-corrected chi connectivity index (χ4v) is 2.83. The van der Waals surface area contributed by atoms with Crippen molar-refractivity contribution in [1.29, 1.82) is 0 Å². The summed E-state index contributed by atoms with van der Waals surface area (Å²) in [5.74, 6) is -5.41. The van der Waals surface area contributed by atoms with Gasteiger partial charge in [-0.25, -0.2) is 0 Å². The van der Waals surface area contributed by atoms with Gasteiger partial charge < -0.3 is 30.6 Å². The Hall–Kier alpha value is -3.18. The van der Waals surface area contributed by atoms with Gasteiger partial charge in [-0.1, -0.05) is 0 Å². The molecule has 0 aromatic carbocycles. The molecule has 5 N–H and O–H groups in total. The summed E-state index contributed by atoms with van der Waals surface area (Å²) in [5, 5.41) is 37.6. The van der Waals surface area contributed by atoms with Crippen molar-refractivity contribution in [2.45, 2.75) is 70.3 Å². The number of amides is 2. The lowest BCUT2D eigenvalue weighted by atomic mass is 10.0. The summed E-state index contributed by atoms with van der Waals surface area (Å²) in [4.78, 5) is 69.4. The maximum Gasteiger partial charge on any atom is 0.303 e. The molecule has 31 heavy (non-hydrogen) atoms. The van der Waals surface area contributed by atoms with E-state index >= 15 is 0 Å². The monoisotopic (exact) mass is 446 g/mol. The lowest BCUT2D eigenvalue weighted by Gasteiger charge is -2.31. The quantitative estimate of drug-likeness (QED) is 0.185. The first kappa shape index (κ1) is 27.8. The van der Waals surface area contributed by atoms with E-state index in [4.69, 9.17) is 20.4 Å². The Kier molecular flexibility index (Phi) is 14.0. The number of nitrogens with one attached hydrogen (secondary N) is 1. The van der Waals surface area contributed by atoms with E-state index in [1.165, 1.54) is 4.90 Å². The minimum atomic E-state index is -1.08. The van der Waals surface area contributed by atoms with Gasteiger partial charge in [0, 0.05) is 45.2 Å². The predicted octanol–water partition coefficient (Wildman–Crippen LogP) is 0.539. The highest BCUT2D eigenvalue weighted by Gasteiger charge is 2.29. The van der Waals surface area contributed by atoms with E-state index in [-0.39, 0.29) is 77.3 Å². The zero-order chi connectivity index (χ0) is 23.8. The fourth-order valence-electron chi connectivity index (χ4n) is 2.83. The maximum atomic E-state index is 12.7. The summed E-state index contributed by atoms with van der Waals surface area (Å²) >= 11 is 0. The summed E-state index contributed by atoms with van der Waals surface area (Å²) in [6.45, 7) is -0.0325. The molecule has 0 spiro atoms. The zero-order valence-electron chi connectivity index (χ0n) is 17.2. The Balaban J connectivity index is 5.32. The van der Waals surface area contributed by atoms with Crippen LogP contribution in [0.1, 0.15) is 64.2 Å². The number of nitrogens with zero attached hydrogens (tertiary/aromatic N) is 1. The molecule has 1 unspecified atom stereocenters. The standard InChI is InChI=1S/C19H30N2O10/c22-14(6-2-8-16(25)26)21(12-4-10-18(29)30)13(5-1-7-15(23)24)19(31)20-11-3-9-17(27)28/h13H,1-12H2,(H,20,31)(H,23,24)(H,25,26)(H,27,28)(H,29,30). The van der Waals surface area contributed by atoms with E-state index in [2.05, 4.69) is 5.32 Å². The molecular formula is C19H30N2O10. The Morgan fingerprint density at radius 2 is 1.13 bits per heavy atom. The van der Waals surface area contributed by atoms with Crippen molar-refractivity contribution in [3.8, 4) is 0 Å². The molecule has 2 amide bonds. The first-order valence-corrected chi connectivity index (χ1v) is 9.99. The summed E-state index contributed by atoms with van der Waals surface area (Å²) in [6.07, 6.45) is -0.724. The van der Waals surface area contributed by atoms with Gasteiger partial charge in [0.1, 0.15) is 6.04 Å². The number of hydrogen-bond acceptors (Lipinski definition) is 6. The smallest absolute Gasteiger partial charge is 0.303 e. The summed E-state index contributed by atoms with van der Waals surface area (Å²) < 4.78 is 0. The van der Waals surface area contributed by atoms with Crippen LogP contribution in [0.15, 0.2) is 0 Å². The normalized spacial score (nSPS) is 11.4. The maximum absolute atomic E-state index is 12.7. The number of rotatable bonds is 18. The minimum Gasteiger partial charge on any atom is -0.481 e. The third-order valence-corrected chi connectivity index (χ3v) is 4.31. The van der Waals surface area contributed by atoms with Crippen molar-refractivity contribution >= 4 is 35.7 Å². The highest BCUT2D eigenvalue weighted by molar-refractivity contribution is 5.88. The lowest BCUT2D eigenvalue weighted by Crippen LogP contribution is -2.50. The molecule has 0 radical (unpaired) electrons. The molecule has 0 heterocycles. The highest BCUT2D eigenvalue weighted by atomic mass is 16.4. The first-order valence-electron chi connectivity index (χ1n) is 9.99. The molecule has 1 atom stereocenters. The van der Waals surface area contributed by atoms with Crippen LogP contribution in [0.25, 0.3) is 0 Å². The second kappa shape index (κ2) is 15.6. The Morgan fingerprint density at radius 3 is 1.68 bits per heavy atom. The van der Waals surface area contributed by atoms with Gasteiger partial charge in [0.25, 0.3) is 0 Å². The molecule has 0 aromatic heterocycles. The largest absolute Gasteiger partial charge is 0.481 e. The van der Waals surface area contributed by atoms with Crippen LogP contribution in [0, 0.1) is 0 Å².